The maximum atomic E-state index is 12.1. The van der Waals surface area contributed by atoms with Gasteiger partial charge in [0.05, 0.1) is 24.7 Å². The summed E-state index contributed by atoms with van der Waals surface area (Å²) in [6.45, 7) is 0.0385. The zero-order valence-electron chi connectivity index (χ0n) is 14.6. The highest BCUT2D eigenvalue weighted by molar-refractivity contribution is 6.30. The Kier molecular flexibility index (Phi) is 5.93. The lowest BCUT2D eigenvalue weighted by Gasteiger charge is -2.10. The third-order valence-electron chi connectivity index (χ3n) is 3.88. The van der Waals surface area contributed by atoms with Crippen LogP contribution in [-0.2, 0) is 27.4 Å². The van der Waals surface area contributed by atoms with Gasteiger partial charge in [-0.05, 0) is 36.4 Å². The highest BCUT2D eigenvalue weighted by atomic mass is 35.5. The Bertz CT molecular complexity index is 953. The predicted octanol–water partition coefficient (Wildman–Crippen LogP) is 2.56. The molecule has 1 aromatic heterocycles. The van der Waals surface area contributed by atoms with E-state index < -0.39 is 5.97 Å². The van der Waals surface area contributed by atoms with E-state index in [0.717, 1.165) is 11.0 Å². The second kappa shape index (κ2) is 8.55. The average molecular weight is 388 g/mol. The number of aromatic nitrogens is 2. The number of rotatable bonds is 7. The first-order valence-electron chi connectivity index (χ1n) is 8.23. The summed E-state index contributed by atoms with van der Waals surface area (Å²) in [7, 11) is 1.33. The smallest absolute Gasteiger partial charge is 0.325 e. The molecule has 3 rings (SSSR count). The number of carbonyl (C=O) groups is 2. The first kappa shape index (κ1) is 18.7. The summed E-state index contributed by atoms with van der Waals surface area (Å²) in [5.41, 5.74) is 1.53. The molecule has 0 saturated heterocycles. The maximum Gasteiger partial charge on any atom is 0.325 e. The van der Waals surface area contributed by atoms with Gasteiger partial charge in [-0.1, -0.05) is 23.7 Å². The number of methoxy groups -OCH3 is 1. The number of hydrogen-bond acceptors (Lipinski definition) is 5. The molecule has 2 aromatic carbocycles. The molecule has 0 aliphatic rings. The molecule has 8 heteroatoms. The molecule has 0 spiro atoms. The fraction of sp³-hybridized carbons (Fsp3) is 0.211. The molecular formula is C19H18ClN3O4. The summed E-state index contributed by atoms with van der Waals surface area (Å²) in [6, 6.07) is 14.2. The number of esters is 1. The van der Waals surface area contributed by atoms with E-state index in [1.54, 1.807) is 28.8 Å². The van der Waals surface area contributed by atoms with Crippen molar-refractivity contribution in [1.82, 2.24) is 14.9 Å². The molecule has 7 nitrogen and oxygen atoms in total. The van der Waals surface area contributed by atoms with Crippen molar-refractivity contribution in [1.29, 1.82) is 0 Å². The van der Waals surface area contributed by atoms with Crippen molar-refractivity contribution >= 4 is 34.5 Å². The van der Waals surface area contributed by atoms with Gasteiger partial charge in [0.2, 0.25) is 0 Å². The summed E-state index contributed by atoms with van der Waals surface area (Å²) < 4.78 is 11.9. The Labute approximate surface area is 160 Å². The summed E-state index contributed by atoms with van der Waals surface area (Å²) in [4.78, 5) is 28.3. The van der Waals surface area contributed by atoms with Crippen LogP contribution in [0, 0.1) is 0 Å². The molecule has 0 atom stereocenters. The number of benzene rings is 2. The van der Waals surface area contributed by atoms with Crippen LogP contribution >= 0.6 is 11.6 Å². The number of amides is 1. The molecule has 0 bridgehead atoms. The van der Waals surface area contributed by atoms with E-state index in [1.165, 1.54) is 7.11 Å². The second-order valence-corrected chi connectivity index (χ2v) is 6.13. The minimum Gasteiger partial charge on any atom is -0.484 e. The Balaban J connectivity index is 1.65. The molecule has 3 aromatic rings. The van der Waals surface area contributed by atoms with E-state index in [9.17, 15) is 9.59 Å². The van der Waals surface area contributed by atoms with Crippen LogP contribution in [0.1, 0.15) is 5.82 Å². The minimum absolute atomic E-state index is 0.0174. The second-order valence-electron chi connectivity index (χ2n) is 5.70. The molecule has 1 heterocycles. The SMILES string of the molecule is COC(=O)Cn1c(CNC(=O)COc2ccc(Cl)cc2)nc2ccccc21. The molecule has 140 valence electrons. The molecule has 0 aliphatic heterocycles. The van der Waals surface area contributed by atoms with E-state index in [2.05, 4.69) is 10.3 Å². The van der Waals surface area contributed by atoms with Gasteiger partial charge in [0, 0.05) is 5.02 Å². The van der Waals surface area contributed by atoms with Gasteiger partial charge in [0.25, 0.3) is 5.91 Å². The fourth-order valence-corrected chi connectivity index (χ4v) is 2.66. The van der Waals surface area contributed by atoms with Crippen LogP contribution in [0.3, 0.4) is 0 Å². The Morgan fingerprint density at radius 1 is 1.15 bits per heavy atom. The highest BCUT2D eigenvalue weighted by Gasteiger charge is 2.14. The van der Waals surface area contributed by atoms with E-state index in [1.807, 2.05) is 24.3 Å². The molecule has 0 aliphatic carbocycles. The number of ether oxygens (including phenoxy) is 2. The van der Waals surface area contributed by atoms with Crippen LogP contribution in [0.25, 0.3) is 11.0 Å². The average Bonchev–Trinajstić information content (AvgIpc) is 3.03. The van der Waals surface area contributed by atoms with Gasteiger partial charge in [-0.25, -0.2) is 4.98 Å². The first-order valence-corrected chi connectivity index (χ1v) is 8.60. The van der Waals surface area contributed by atoms with Gasteiger partial charge < -0.3 is 19.4 Å². The minimum atomic E-state index is -0.392. The molecule has 1 N–H and O–H groups in total. The maximum absolute atomic E-state index is 12.1. The van der Waals surface area contributed by atoms with Crippen molar-refractivity contribution < 1.29 is 19.1 Å². The number of halogens is 1. The number of nitrogens with zero attached hydrogens (tertiary/aromatic N) is 2. The first-order chi connectivity index (χ1) is 13.1. The Morgan fingerprint density at radius 3 is 2.63 bits per heavy atom. The zero-order chi connectivity index (χ0) is 19.2. The molecule has 0 fully saturated rings. The molecule has 27 heavy (non-hydrogen) atoms. The van der Waals surface area contributed by atoms with Crippen LogP contribution in [0.2, 0.25) is 5.02 Å². The number of fused-ring (bicyclic) bond motifs is 1. The Hall–Kier alpha value is -3.06. The molecule has 0 unspecified atom stereocenters. The quantitative estimate of drug-likeness (QED) is 0.630. The van der Waals surface area contributed by atoms with Gasteiger partial charge in [-0.2, -0.15) is 0 Å². The van der Waals surface area contributed by atoms with Crippen molar-refractivity contribution in [2.75, 3.05) is 13.7 Å². The van der Waals surface area contributed by atoms with E-state index in [0.29, 0.717) is 16.6 Å². The lowest BCUT2D eigenvalue weighted by atomic mass is 10.3. The van der Waals surface area contributed by atoms with Crippen molar-refractivity contribution in [3.8, 4) is 5.75 Å². The zero-order valence-corrected chi connectivity index (χ0v) is 15.4. The largest absolute Gasteiger partial charge is 0.484 e. The third kappa shape index (κ3) is 4.77. The predicted molar refractivity (Wildman–Crippen MR) is 101 cm³/mol. The van der Waals surface area contributed by atoms with E-state index in [4.69, 9.17) is 21.1 Å². The summed E-state index contributed by atoms with van der Waals surface area (Å²) in [5.74, 6) is 0.410. The van der Waals surface area contributed by atoms with Crippen LogP contribution < -0.4 is 10.1 Å². The normalized spacial score (nSPS) is 10.6. The van der Waals surface area contributed by atoms with Crippen LogP contribution in [-0.4, -0.2) is 35.1 Å². The molecular weight excluding hydrogens is 370 g/mol. The number of nitrogens with one attached hydrogen (secondary N) is 1. The van der Waals surface area contributed by atoms with Crippen molar-refractivity contribution in [3.63, 3.8) is 0 Å². The summed E-state index contributed by atoms with van der Waals surface area (Å²) in [5, 5.41) is 3.34. The van der Waals surface area contributed by atoms with Crippen LogP contribution in [0.4, 0.5) is 0 Å². The van der Waals surface area contributed by atoms with Crippen molar-refractivity contribution in [2.45, 2.75) is 13.1 Å². The fourth-order valence-electron chi connectivity index (χ4n) is 2.54. The van der Waals surface area contributed by atoms with Crippen molar-refractivity contribution in [2.24, 2.45) is 0 Å². The number of hydrogen-bond donors (Lipinski definition) is 1. The Morgan fingerprint density at radius 2 is 1.89 bits per heavy atom. The van der Waals surface area contributed by atoms with E-state index >= 15 is 0 Å². The topological polar surface area (TPSA) is 82.5 Å². The summed E-state index contributed by atoms with van der Waals surface area (Å²) >= 11 is 5.81. The number of imidazole rings is 1. The lowest BCUT2D eigenvalue weighted by Crippen LogP contribution is -2.30. The van der Waals surface area contributed by atoms with Crippen molar-refractivity contribution in [3.05, 3.63) is 59.4 Å². The standard InChI is InChI=1S/C19H18ClN3O4/c1-26-19(25)11-23-16-5-3-2-4-15(16)22-17(23)10-21-18(24)12-27-14-8-6-13(20)7-9-14/h2-9H,10-12H2,1H3,(H,21,24). The third-order valence-corrected chi connectivity index (χ3v) is 4.13. The monoisotopic (exact) mass is 387 g/mol. The van der Waals surface area contributed by atoms with E-state index in [-0.39, 0.29) is 25.6 Å². The highest BCUT2D eigenvalue weighted by Crippen LogP contribution is 2.17. The van der Waals surface area contributed by atoms with Crippen LogP contribution in [0.5, 0.6) is 5.75 Å². The van der Waals surface area contributed by atoms with Gasteiger partial charge in [0.15, 0.2) is 6.61 Å². The van der Waals surface area contributed by atoms with Gasteiger partial charge in [-0.3, -0.25) is 9.59 Å². The number of carbonyl (C=O) groups excluding carboxylic acids is 2. The summed E-state index contributed by atoms with van der Waals surface area (Å²) in [6.07, 6.45) is 0. The molecule has 0 saturated carbocycles. The van der Waals surface area contributed by atoms with Crippen LogP contribution in [0.15, 0.2) is 48.5 Å². The van der Waals surface area contributed by atoms with Gasteiger partial charge in [-0.15, -0.1) is 0 Å². The lowest BCUT2D eigenvalue weighted by molar-refractivity contribution is -0.141. The van der Waals surface area contributed by atoms with Gasteiger partial charge in [0.1, 0.15) is 18.1 Å². The molecule has 1 amide bonds. The van der Waals surface area contributed by atoms with Gasteiger partial charge >= 0.3 is 5.97 Å². The molecule has 0 radical (unpaired) electrons. The number of para-hydroxylation sites is 2.